The van der Waals surface area contributed by atoms with E-state index in [1.54, 1.807) is 10.4 Å². The van der Waals surface area contributed by atoms with Crippen molar-refractivity contribution in [2.45, 2.75) is 142 Å². The molecule has 280 valence electrons. The van der Waals surface area contributed by atoms with Crippen LogP contribution in [0.4, 0.5) is 0 Å². The van der Waals surface area contributed by atoms with Gasteiger partial charge in [0.2, 0.25) is 0 Å². The van der Waals surface area contributed by atoms with Gasteiger partial charge < -0.3 is 4.74 Å². The molecular weight excluding hydrogens is 657 g/mol. The minimum Gasteiger partial charge on any atom is -0.376 e. The maximum absolute atomic E-state index is 6.14. The van der Waals surface area contributed by atoms with Gasteiger partial charge in [-0.15, -0.1) is 0 Å². The lowest BCUT2D eigenvalue weighted by molar-refractivity contribution is -0.00471. The van der Waals surface area contributed by atoms with Crippen molar-refractivity contribution in [3.05, 3.63) is 140 Å². The van der Waals surface area contributed by atoms with E-state index in [-0.39, 0.29) is 27.3 Å². The highest BCUT2D eigenvalue weighted by atomic mass is 28.3. The fourth-order valence-corrected chi connectivity index (χ4v) is 16.0. The zero-order valence-electron chi connectivity index (χ0n) is 35.0. The summed E-state index contributed by atoms with van der Waals surface area (Å²) in [5.74, 6) is 0. The van der Waals surface area contributed by atoms with Crippen LogP contribution >= 0.6 is 0 Å². The molecule has 0 bridgehead atoms. The van der Waals surface area contributed by atoms with Gasteiger partial charge in [0.25, 0.3) is 0 Å². The lowest BCUT2D eigenvalue weighted by Gasteiger charge is -2.45. The third-order valence-corrected chi connectivity index (χ3v) is 17.4. The van der Waals surface area contributed by atoms with Crippen LogP contribution in [0, 0.1) is 0 Å². The molecule has 2 unspecified atom stereocenters. The average molecular weight is 723 g/mol. The lowest BCUT2D eigenvalue weighted by atomic mass is 9.82. The molecule has 2 atom stereocenters. The maximum atomic E-state index is 6.14. The Bertz CT molecular complexity index is 2050. The molecule has 6 rings (SSSR count). The van der Waals surface area contributed by atoms with Gasteiger partial charge in [-0.25, -0.2) is 0 Å². The van der Waals surface area contributed by atoms with Crippen molar-refractivity contribution >= 4 is 30.6 Å². The van der Waals surface area contributed by atoms with E-state index < -0.39 is 8.07 Å². The van der Waals surface area contributed by atoms with Crippen LogP contribution in [-0.2, 0) is 26.4 Å². The van der Waals surface area contributed by atoms with E-state index in [1.807, 2.05) is 0 Å². The van der Waals surface area contributed by atoms with Gasteiger partial charge in [0, 0.05) is 17.4 Å². The zero-order chi connectivity index (χ0) is 38.5. The molecule has 0 saturated carbocycles. The second-order valence-corrected chi connectivity index (χ2v) is 23.8. The largest absolute Gasteiger partial charge is 0.376 e. The third-order valence-electron chi connectivity index (χ3n) is 12.2. The van der Waals surface area contributed by atoms with Gasteiger partial charge in [-0.3, -0.25) is 0 Å². The van der Waals surface area contributed by atoms with E-state index in [9.17, 15) is 0 Å². The molecule has 0 aromatic heterocycles. The fraction of sp³-hybridized carbons (Fsp3) is 0.451. The SMILES string of the molecule is CC(C)(C)OCCCCCC[Si](C)(C1=c2cccc(C(C)(C)C)c2=CC1(C)c1ccccc1)C1=c2cccc(C(C)(C)C)c2=CC1(C)c1ccccc1. The van der Waals surface area contributed by atoms with Gasteiger partial charge in [0.05, 0.1) is 5.60 Å². The Labute approximate surface area is 322 Å². The summed E-state index contributed by atoms with van der Waals surface area (Å²) in [6.07, 6.45) is 10.1. The summed E-state index contributed by atoms with van der Waals surface area (Å²) >= 11 is 0. The summed E-state index contributed by atoms with van der Waals surface area (Å²) in [5.41, 5.74) is 5.21. The molecule has 0 spiro atoms. The first-order valence-electron chi connectivity index (χ1n) is 20.3. The summed E-state index contributed by atoms with van der Waals surface area (Å²) in [5, 5.41) is 9.25. The first-order chi connectivity index (χ1) is 24.8. The highest BCUT2D eigenvalue weighted by Crippen LogP contribution is 2.52. The minimum absolute atomic E-state index is 0.0308. The number of benzene rings is 4. The molecule has 0 radical (unpaired) electrons. The Morgan fingerprint density at radius 1 is 0.509 bits per heavy atom. The monoisotopic (exact) mass is 722 g/mol. The number of fused-ring (bicyclic) bond motifs is 2. The van der Waals surface area contributed by atoms with Crippen LogP contribution in [0.5, 0.6) is 0 Å². The molecule has 2 heteroatoms. The summed E-state index contributed by atoms with van der Waals surface area (Å²) in [4.78, 5) is 0. The molecule has 0 N–H and O–H groups in total. The van der Waals surface area contributed by atoms with Crippen molar-refractivity contribution in [2.24, 2.45) is 0 Å². The van der Waals surface area contributed by atoms with Crippen LogP contribution in [0.2, 0.25) is 12.6 Å². The molecule has 4 aromatic rings. The standard InChI is InChI=1S/C51H66OSi/c1-47(2,3)43-31-23-29-39-41(43)35-50(10,37-25-17-15-18-26-37)45(39)53(12,34-22-14-13-21-33-52-49(7,8)9)46-40-30-24-32-44(48(4,5)6)42(40)36-51(46,11)38-27-19-16-20-28-38/h15-20,23-32,35-36H,13-14,21-22,33-34H2,1-12H3. The quantitative estimate of drug-likeness (QED) is 0.111. The number of rotatable bonds is 11. The predicted octanol–water partition coefficient (Wildman–Crippen LogP) is 10.3. The second-order valence-electron chi connectivity index (χ2n) is 19.7. The first kappa shape index (κ1) is 39.2. The molecule has 0 saturated heterocycles. The normalized spacial score (nSPS) is 21.1. The Morgan fingerprint density at radius 2 is 0.925 bits per heavy atom. The van der Waals surface area contributed by atoms with E-state index in [0.29, 0.717) is 0 Å². The molecule has 0 amide bonds. The Balaban J connectivity index is 1.68. The Hall–Kier alpha value is -3.46. The summed E-state index contributed by atoms with van der Waals surface area (Å²) in [6.45, 7) is 29.5. The van der Waals surface area contributed by atoms with Crippen LogP contribution < -0.4 is 20.9 Å². The van der Waals surface area contributed by atoms with Gasteiger partial charge in [-0.05, 0) is 95.0 Å². The Morgan fingerprint density at radius 3 is 1.32 bits per heavy atom. The van der Waals surface area contributed by atoms with Crippen LogP contribution in [0.25, 0.3) is 22.5 Å². The van der Waals surface area contributed by atoms with Crippen molar-refractivity contribution in [2.75, 3.05) is 6.61 Å². The maximum Gasteiger partial charge on any atom is 0.110 e. The number of ether oxygens (including phenoxy) is 1. The molecule has 0 fully saturated rings. The molecule has 53 heavy (non-hydrogen) atoms. The number of hydrogen-bond acceptors (Lipinski definition) is 1. The van der Waals surface area contributed by atoms with Crippen molar-refractivity contribution in [3.8, 4) is 0 Å². The molecule has 4 aromatic carbocycles. The van der Waals surface area contributed by atoms with Crippen molar-refractivity contribution in [1.82, 2.24) is 0 Å². The highest BCUT2D eigenvalue weighted by molar-refractivity contribution is 7.08. The van der Waals surface area contributed by atoms with E-state index in [2.05, 4.69) is 192 Å². The van der Waals surface area contributed by atoms with Gasteiger partial charge in [-0.1, -0.05) is 193 Å². The van der Waals surface area contributed by atoms with Gasteiger partial charge in [0.15, 0.2) is 0 Å². The Kier molecular flexibility index (Phi) is 10.6. The number of unbranched alkanes of at least 4 members (excludes halogenated alkanes) is 3. The number of hydrogen-bond donors (Lipinski definition) is 0. The predicted molar refractivity (Wildman–Crippen MR) is 233 cm³/mol. The van der Waals surface area contributed by atoms with E-state index in [1.165, 1.54) is 68.4 Å². The van der Waals surface area contributed by atoms with Crippen molar-refractivity contribution in [3.63, 3.8) is 0 Å². The summed E-state index contributed by atoms with van der Waals surface area (Å²) in [7, 11) is -2.55. The van der Waals surface area contributed by atoms with Crippen LogP contribution in [0.15, 0.2) is 97.1 Å². The molecular formula is C51H66OSi. The van der Waals surface area contributed by atoms with Gasteiger partial charge in [-0.2, -0.15) is 0 Å². The van der Waals surface area contributed by atoms with Gasteiger partial charge >= 0.3 is 0 Å². The summed E-state index contributed by atoms with van der Waals surface area (Å²) < 4.78 is 6.14. The molecule has 2 aliphatic carbocycles. The van der Waals surface area contributed by atoms with E-state index in [0.717, 1.165) is 13.0 Å². The van der Waals surface area contributed by atoms with Crippen LogP contribution in [0.3, 0.4) is 0 Å². The van der Waals surface area contributed by atoms with Crippen molar-refractivity contribution in [1.29, 1.82) is 0 Å². The van der Waals surface area contributed by atoms with Gasteiger partial charge in [0.1, 0.15) is 8.07 Å². The van der Waals surface area contributed by atoms with E-state index >= 15 is 0 Å². The topological polar surface area (TPSA) is 9.23 Å². The lowest BCUT2D eigenvalue weighted by Crippen LogP contribution is -2.51. The second kappa shape index (κ2) is 14.3. The third kappa shape index (κ3) is 7.48. The van der Waals surface area contributed by atoms with E-state index in [4.69, 9.17) is 4.74 Å². The van der Waals surface area contributed by atoms with Crippen LogP contribution in [-0.4, -0.2) is 20.3 Å². The molecule has 0 aliphatic heterocycles. The molecule has 2 aliphatic rings. The summed E-state index contributed by atoms with van der Waals surface area (Å²) in [6, 6.07) is 38.5. The average Bonchev–Trinajstić information content (AvgIpc) is 3.59. The first-order valence-corrected chi connectivity index (χ1v) is 23.0. The minimum atomic E-state index is -2.55. The van der Waals surface area contributed by atoms with Crippen LogP contribution in [0.1, 0.15) is 124 Å². The highest BCUT2D eigenvalue weighted by Gasteiger charge is 2.52. The zero-order valence-corrected chi connectivity index (χ0v) is 36.0. The smallest absolute Gasteiger partial charge is 0.110 e. The molecule has 0 heterocycles. The van der Waals surface area contributed by atoms with Crippen molar-refractivity contribution < 1.29 is 4.74 Å². The fourth-order valence-electron chi connectivity index (χ4n) is 9.92. The molecule has 1 nitrogen and oxygen atoms in total.